The molecule has 0 radical (unpaired) electrons. The van der Waals surface area contributed by atoms with Gasteiger partial charge in [0.25, 0.3) is 17.9 Å². The van der Waals surface area contributed by atoms with Gasteiger partial charge in [-0.3, -0.25) is 14.2 Å². The van der Waals surface area contributed by atoms with Gasteiger partial charge in [0.2, 0.25) is 0 Å². The quantitative estimate of drug-likeness (QED) is 0.349. The normalized spacial score (nSPS) is 12.7. The van der Waals surface area contributed by atoms with E-state index in [1.165, 1.54) is 10.6 Å². The molecule has 4 heterocycles. The summed E-state index contributed by atoms with van der Waals surface area (Å²) in [5.41, 5.74) is 2.72. The third kappa shape index (κ3) is 2.53. The number of hydrogen-bond donors (Lipinski definition) is 0. The topological polar surface area (TPSA) is 64.8 Å². The first kappa shape index (κ1) is 18.9. The van der Waals surface area contributed by atoms with Crippen molar-refractivity contribution in [2.45, 2.75) is 13.3 Å². The van der Waals surface area contributed by atoms with Gasteiger partial charge in [0.05, 0.1) is 11.1 Å². The molecule has 5 nitrogen and oxygen atoms in total. The van der Waals surface area contributed by atoms with Gasteiger partial charge in [-0.1, -0.05) is 48.0 Å². The summed E-state index contributed by atoms with van der Waals surface area (Å²) in [6.07, 6.45) is -2.78. The molecule has 0 saturated carbocycles. The van der Waals surface area contributed by atoms with Crippen LogP contribution in [0.25, 0.3) is 42.9 Å². The summed E-state index contributed by atoms with van der Waals surface area (Å²) in [7, 11) is 0. The zero-order valence-electron chi connectivity index (χ0n) is 16.6. The fourth-order valence-electron chi connectivity index (χ4n) is 4.20. The Balaban J connectivity index is 1.81. The average Bonchev–Trinajstić information content (AvgIpc) is 3.30. The molecule has 0 fully saturated rings. The van der Waals surface area contributed by atoms with Crippen molar-refractivity contribution in [3.05, 3.63) is 81.8 Å². The average molecular weight is 445 g/mol. The van der Waals surface area contributed by atoms with Gasteiger partial charge in [-0.05, 0) is 30.2 Å². The predicted molar refractivity (Wildman–Crippen MR) is 119 cm³/mol. The number of carbonyl (C=O) groups is 1. The minimum Gasteiger partial charge on any atom is -0.268 e. The van der Waals surface area contributed by atoms with Crippen molar-refractivity contribution < 1.29 is 13.6 Å². The number of nitrogens with zero attached hydrogens (tertiary/aromatic N) is 3. The number of benzene rings is 2. The molecular weight excluding hydrogens is 432 g/mol. The third-order valence-electron chi connectivity index (χ3n) is 5.68. The fraction of sp³-hybridized carbons (Fsp3) is 0.0833. The molecule has 8 heteroatoms. The van der Waals surface area contributed by atoms with E-state index in [1.54, 1.807) is 24.3 Å². The van der Waals surface area contributed by atoms with Crippen molar-refractivity contribution >= 4 is 37.7 Å². The number of aromatic nitrogens is 3. The molecule has 32 heavy (non-hydrogen) atoms. The SMILES string of the molecule is Cc1ccc(-c2cc(C(F)F)nc3sc4c(=O)nc5n(c4c23)C(=O)c2ccccc2-5)cc1. The van der Waals surface area contributed by atoms with Gasteiger partial charge in [0, 0.05) is 10.9 Å². The lowest BCUT2D eigenvalue weighted by Gasteiger charge is -2.10. The Morgan fingerprint density at radius 1 is 0.938 bits per heavy atom. The lowest BCUT2D eigenvalue weighted by Crippen LogP contribution is -2.15. The van der Waals surface area contributed by atoms with Gasteiger partial charge < -0.3 is 0 Å². The third-order valence-corrected chi connectivity index (χ3v) is 6.74. The molecular formula is C24H13F2N3O2S. The maximum atomic E-state index is 13.7. The largest absolute Gasteiger partial charge is 0.291 e. The van der Waals surface area contributed by atoms with E-state index >= 15 is 0 Å². The first-order chi connectivity index (χ1) is 15.4. The second-order valence-corrected chi connectivity index (χ2v) is 8.65. The van der Waals surface area contributed by atoms with Gasteiger partial charge in [-0.25, -0.2) is 13.8 Å². The molecule has 0 bridgehead atoms. The van der Waals surface area contributed by atoms with E-state index in [4.69, 9.17) is 0 Å². The summed E-state index contributed by atoms with van der Waals surface area (Å²) in [4.78, 5) is 34.8. The van der Waals surface area contributed by atoms with Crippen molar-refractivity contribution in [3.63, 3.8) is 0 Å². The standard InChI is InChI=1S/C24H13F2N3O2S/c1-11-6-8-12(9-7-11)15-10-16(20(25)26)27-23-17(15)18-19(32-23)22(30)28-21-13-4-2-3-5-14(13)24(31)29(18)21/h2-10,20H,1H3. The molecule has 6 rings (SSSR count). The molecule has 1 aliphatic rings. The second kappa shape index (κ2) is 6.61. The van der Waals surface area contributed by atoms with Crippen molar-refractivity contribution in [2.75, 3.05) is 0 Å². The van der Waals surface area contributed by atoms with Crippen LogP contribution in [0.4, 0.5) is 8.78 Å². The number of hydrogen-bond acceptors (Lipinski definition) is 5. The monoisotopic (exact) mass is 445 g/mol. The highest BCUT2D eigenvalue weighted by molar-refractivity contribution is 7.25. The second-order valence-electron chi connectivity index (χ2n) is 7.65. The highest BCUT2D eigenvalue weighted by atomic mass is 32.1. The van der Waals surface area contributed by atoms with Gasteiger partial charge in [0.15, 0.2) is 5.82 Å². The van der Waals surface area contributed by atoms with Crippen molar-refractivity contribution in [3.8, 4) is 22.5 Å². The molecule has 0 unspecified atom stereocenters. The Morgan fingerprint density at radius 2 is 1.66 bits per heavy atom. The van der Waals surface area contributed by atoms with Crippen LogP contribution in [-0.4, -0.2) is 20.4 Å². The molecule has 0 N–H and O–H groups in total. The molecule has 2 aromatic carbocycles. The smallest absolute Gasteiger partial charge is 0.268 e. The number of thiophene rings is 1. The predicted octanol–water partition coefficient (Wildman–Crippen LogP) is 5.59. The maximum absolute atomic E-state index is 13.7. The summed E-state index contributed by atoms with van der Waals surface area (Å²) in [5, 5.41) is 0.500. The molecule has 0 saturated heterocycles. The number of rotatable bonds is 2. The summed E-state index contributed by atoms with van der Waals surface area (Å²) >= 11 is 0.986. The first-order valence-electron chi connectivity index (χ1n) is 9.83. The fourth-order valence-corrected chi connectivity index (χ4v) is 5.28. The van der Waals surface area contributed by atoms with Crippen LogP contribution in [0.2, 0.25) is 0 Å². The Morgan fingerprint density at radius 3 is 2.38 bits per heavy atom. The molecule has 5 aromatic rings. The number of pyridine rings is 1. The van der Waals surface area contributed by atoms with Crippen LogP contribution in [0.15, 0.2) is 59.4 Å². The van der Waals surface area contributed by atoms with E-state index in [0.717, 1.165) is 16.9 Å². The number of alkyl halides is 2. The van der Waals surface area contributed by atoms with E-state index in [9.17, 15) is 18.4 Å². The Labute approximate surface area is 183 Å². The highest BCUT2D eigenvalue weighted by Crippen LogP contribution is 2.42. The Hall–Kier alpha value is -3.78. The first-order valence-corrected chi connectivity index (χ1v) is 10.6. The van der Waals surface area contributed by atoms with Gasteiger partial charge in [0.1, 0.15) is 15.2 Å². The van der Waals surface area contributed by atoms with Gasteiger partial charge >= 0.3 is 0 Å². The lowest BCUT2D eigenvalue weighted by atomic mass is 10.0. The Bertz CT molecular complexity index is 1650. The molecule has 156 valence electrons. The zero-order chi connectivity index (χ0) is 22.1. The summed E-state index contributed by atoms with van der Waals surface area (Å²) < 4.78 is 29.0. The maximum Gasteiger partial charge on any atom is 0.291 e. The van der Waals surface area contributed by atoms with E-state index < -0.39 is 12.0 Å². The highest BCUT2D eigenvalue weighted by Gasteiger charge is 2.32. The minimum absolute atomic E-state index is 0.220. The van der Waals surface area contributed by atoms with Crippen LogP contribution in [-0.2, 0) is 0 Å². The van der Waals surface area contributed by atoms with E-state index in [1.807, 2.05) is 31.2 Å². The molecule has 0 atom stereocenters. The number of carbonyl (C=O) groups excluding carboxylic acids is 1. The van der Waals surface area contributed by atoms with Crippen LogP contribution in [0.1, 0.15) is 28.0 Å². The molecule has 0 spiro atoms. The Kier molecular flexibility index (Phi) is 3.91. The molecule has 0 amide bonds. The summed E-state index contributed by atoms with van der Waals surface area (Å²) in [6.45, 7) is 1.94. The van der Waals surface area contributed by atoms with Gasteiger partial charge in [-0.2, -0.15) is 4.98 Å². The molecule has 3 aromatic heterocycles. The molecule has 0 aliphatic carbocycles. The number of aryl methyl sites for hydroxylation is 1. The zero-order valence-corrected chi connectivity index (χ0v) is 17.4. The summed E-state index contributed by atoms with van der Waals surface area (Å²) in [6, 6.07) is 15.7. The van der Waals surface area contributed by atoms with Crippen molar-refractivity contribution in [1.29, 1.82) is 0 Å². The van der Waals surface area contributed by atoms with E-state index in [-0.39, 0.29) is 27.0 Å². The van der Waals surface area contributed by atoms with E-state index in [2.05, 4.69) is 9.97 Å². The van der Waals surface area contributed by atoms with E-state index in [0.29, 0.717) is 33.2 Å². The van der Waals surface area contributed by atoms with Crippen molar-refractivity contribution in [2.24, 2.45) is 0 Å². The van der Waals surface area contributed by atoms with Crippen LogP contribution >= 0.6 is 11.3 Å². The molecule has 1 aliphatic heterocycles. The minimum atomic E-state index is -2.78. The van der Waals surface area contributed by atoms with Crippen LogP contribution in [0.5, 0.6) is 0 Å². The van der Waals surface area contributed by atoms with Crippen LogP contribution in [0.3, 0.4) is 0 Å². The lowest BCUT2D eigenvalue weighted by molar-refractivity contribution is 0.0972. The van der Waals surface area contributed by atoms with Crippen molar-refractivity contribution in [1.82, 2.24) is 14.5 Å². The van der Waals surface area contributed by atoms with Crippen LogP contribution < -0.4 is 5.56 Å². The van der Waals surface area contributed by atoms with Crippen LogP contribution in [0, 0.1) is 6.92 Å². The summed E-state index contributed by atoms with van der Waals surface area (Å²) in [5.74, 6) is -0.0452. The number of fused-ring (bicyclic) bond motifs is 7. The van der Waals surface area contributed by atoms with Gasteiger partial charge in [-0.15, -0.1) is 11.3 Å². The number of halogens is 2.